The summed E-state index contributed by atoms with van der Waals surface area (Å²) in [5.41, 5.74) is 0. The van der Waals surface area contributed by atoms with Gasteiger partial charge in [-0.05, 0) is 12.8 Å². The lowest BCUT2D eigenvalue weighted by Gasteiger charge is -2.02. The molecule has 0 aliphatic rings. The van der Waals surface area contributed by atoms with Gasteiger partial charge < -0.3 is 4.74 Å². The highest BCUT2D eigenvalue weighted by Gasteiger charge is 2.01. The maximum Gasteiger partial charge on any atom is 0.330 e. The second-order valence-corrected chi connectivity index (χ2v) is 2.97. The molecule has 0 N–H and O–H groups in total. The van der Waals surface area contributed by atoms with E-state index in [2.05, 4.69) is 6.58 Å². The van der Waals surface area contributed by atoms with E-state index >= 15 is 0 Å². The summed E-state index contributed by atoms with van der Waals surface area (Å²) >= 11 is 0. The van der Waals surface area contributed by atoms with Gasteiger partial charge in [0.2, 0.25) is 6.43 Å². The Labute approximate surface area is 82.9 Å². The van der Waals surface area contributed by atoms with Gasteiger partial charge in [-0.3, -0.25) is 0 Å². The molecule has 0 spiro atoms. The molecule has 0 saturated heterocycles. The molecule has 0 atom stereocenters. The van der Waals surface area contributed by atoms with Crippen LogP contribution in [0.25, 0.3) is 0 Å². The van der Waals surface area contributed by atoms with Crippen molar-refractivity contribution in [2.45, 2.75) is 38.5 Å². The summed E-state index contributed by atoms with van der Waals surface area (Å²) in [5.74, 6) is -0.433. The molecule has 0 radical (unpaired) electrons. The van der Waals surface area contributed by atoms with Crippen LogP contribution in [0.4, 0.5) is 8.78 Å². The number of ether oxygens (including phenoxy) is 1. The second kappa shape index (κ2) is 8.66. The Bertz CT molecular complexity index is 170. The molecule has 0 aliphatic carbocycles. The van der Waals surface area contributed by atoms with Gasteiger partial charge in [-0.1, -0.05) is 19.4 Å². The van der Waals surface area contributed by atoms with Crippen LogP contribution in [0.3, 0.4) is 0 Å². The zero-order valence-corrected chi connectivity index (χ0v) is 8.18. The van der Waals surface area contributed by atoms with E-state index in [0.29, 0.717) is 13.0 Å². The van der Waals surface area contributed by atoms with E-state index in [0.717, 1.165) is 25.3 Å². The van der Waals surface area contributed by atoms with Gasteiger partial charge in [0, 0.05) is 12.5 Å². The fourth-order valence-electron chi connectivity index (χ4n) is 0.986. The van der Waals surface area contributed by atoms with E-state index in [-0.39, 0.29) is 6.42 Å². The Morgan fingerprint density at radius 1 is 1.29 bits per heavy atom. The quantitative estimate of drug-likeness (QED) is 0.347. The van der Waals surface area contributed by atoms with Crippen LogP contribution >= 0.6 is 0 Å². The van der Waals surface area contributed by atoms with Gasteiger partial charge in [0.1, 0.15) is 0 Å². The molecule has 0 amide bonds. The van der Waals surface area contributed by atoms with E-state index in [4.69, 9.17) is 4.74 Å². The standard InChI is InChI=1S/C10H16F2O2/c1-2-10(13)14-8-6-4-3-5-7-9(11)12/h2,9H,1,3-8H2. The predicted molar refractivity (Wildman–Crippen MR) is 50.2 cm³/mol. The molecule has 0 aromatic heterocycles. The Morgan fingerprint density at radius 2 is 1.93 bits per heavy atom. The molecule has 0 aromatic rings. The molecule has 0 bridgehead atoms. The first-order valence-electron chi connectivity index (χ1n) is 4.74. The average molecular weight is 206 g/mol. The number of esters is 1. The van der Waals surface area contributed by atoms with Gasteiger partial charge in [0.15, 0.2) is 0 Å². The van der Waals surface area contributed by atoms with Gasteiger partial charge >= 0.3 is 5.97 Å². The van der Waals surface area contributed by atoms with Crippen LogP contribution in [-0.2, 0) is 9.53 Å². The lowest BCUT2D eigenvalue weighted by molar-refractivity contribution is -0.137. The van der Waals surface area contributed by atoms with Crippen molar-refractivity contribution in [3.8, 4) is 0 Å². The third-order valence-electron chi connectivity index (χ3n) is 1.73. The first-order chi connectivity index (χ1) is 6.66. The number of hydrogen-bond donors (Lipinski definition) is 0. The summed E-state index contributed by atoms with van der Waals surface area (Å²) in [5, 5.41) is 0. The minimum atomic E-state index is -2.20. The lowest BCUT2D eigenvalue weighted by Crippen LogP contribution is -2.01. The van der Waals surface area contributed by atoms with Crippen LogP contribution in [0.2, 0.25) is 0 Å². The van der Waals surface area contributed by atoms with Crippen LogP contribution in [-0.4, -0.2) is 19.0 Å². The minimum Gasteiger partial charge on any atom is -0.463 e. The van der Waals surface area contributed by atoms with Gasteiger partial charge in [-0.25, -0.2) is 13.6 Å². The van der Waals surface area contributed by atoms with E-state index < -0.39 is 12.4 Å². The summed E-state index contributed by atoms with van der Waals surface area (Å²) < 4.78 is 28.1. The van der Waals surface area contributed by atoms with E-state index in [1.165, 1.54) is 0 Å². The summed E-state index contributed by atoms with van der Waals surface area (Å²) in [6, 6.07) is 0. The normalized spacial score (nSPS) is 10.2. The fraction of sp³-hybridized carbons (Fsp3) is 0.700. The number of rotatable bonds is 8. The molecule has 4 heteroatoms. The van der Waals surface area contributed by atoms with Crippen LogP contribution in [0.5, 0.6) is 0 Å². The van der Waals surface area contributed by atoms with Crippen molar-refractivity contribution in [3.63, 3.8) is 0 Å². The number of alkyl halides is 2. The molecule has 82 valence electrons. The SMILES string of the molecule is C=CC(=O)OCCCCCCC(F)F. The highest BCUT2D eigenvalue weighted by atomic mass is 19.3. The van der Waals surface area contributed by atoms with E-state index in [1.807, 2.05) is 0 Å². The smallest absolute Gasteiger partial charge is 0.330 e. The maximum absolute atomic E-state index is 11.7. The molecule has 0 aliphatic heterocycles. The predicted octanol–water partition coefficient (Wildman–Crippen LogP) is 2.93. The fourth-order valence-corrected chi connectivity index (χ4v) is 0.986. The molecule has 0 saturated carbocycles. The molecule has 2 nitrogen and oxygen atoms in total. The Balaban J connectivity index is 3.06. The van der Waals surface area contributed by atoms with Crippen molar-refractivity contribution >= 4 is 5.97 Å². The summed E-state index contributed by atoms with van der Waals surface area (Å²) in [4.78, 5) is 10.6. The molecular weight excluding hydrogens is 190 g/mol. The summed E-state index contributed by atoms with van der Waals surface area (Å²) in [6.45, 7) is 3.60. The van der Waals surface area contributed by atoms with Gasteiger partial charge in [0.25, 0.3) is 0 Å². The third-order valence-corrected chi connectivity index (χ3v) is 1.73. The van der Waals surface area contributed by atoms with Crippen LogP contribution in [0, 0.1) is 0 Å². The van der Waals surface area contributed by atoms with Crippen molar-refractivity contribution in [2.24, 2.45) is 0 Å². The molecular formula is C10H16F2O2. The van der Waals surface area contributed by atoms with Crippen molar-refractivity contribution in [3.05, 3.63) is 12.7 Å². The molecule has 0 unspecified atom stereocenters. The minimum absolute atomic E-state index is 0.0353. The van der Waals surface area contributed by atoms with Gasteiger partial charge in [-0.15, -0.1) is 0 Å². The first-order valence-corrected chi connectivity index (χ1v) is 4.74. The molecule has 0 aromatic carbocycles. The number of carbonyl (C=O) groups is 1. The van der Waals surface area contributed by atoms with Crippen molar-refractivity contribution in [1.82, 2.24) is 0 Å². The van der Waals surface area contributed by atoms with E-state index in [1.54, 1.807) is 0 Å². The van der Waals surface area contributed by atoms with Crippen molar-refractivity contribution in [1.29, 1.82) is 0 Å². The molecule has 0 heterocycles. The number of hydrogen-bond acceptors (Lipinski definition) is 2. The first kappa shape index (κ1) is 13.1. The van der Waals surface area contributed by atoms with Crippen LogP contribution < -0.4 is 0 Å². The maximum atomic E-state index is 11.7. The molecule has 0 fully saturated rings. The van der Waals surface area contributed by atoms with Gasteiger partial charge in [-0.2, -0.15) is 0 Å². The van der Waals surface area contributed by atoms with Crippen molar-refractivity contribution < 1.29 is 18.3 Å². The summed E-state index contributed by atoms with van der Waals surface area (Å²) in [6.07, 6.45) is 1.71. The largest absolute Gasteiger partial charge is 0.463 e. The summed E-state index contributed by atoms with van der Waals surface area (Å²) in [7, 11) is 0. The van der Waals surface area contributed by atoms with E-state index in [9.17, 15) is 13.6 Å². The Kier molecular flexibility index (Phi) is 8.08. The molecule has 0 rings (SSSR count). The topological polar surface area (TPSA) is 26.3 Å². The lowest BCUT2D eigenvalue weighted by atomic mass is 10.1. The molecule has 14 heavy (non-hydrogen) atoms. The van der Waals surface area contributed by atoms with Crippen LogP contribution in [0.15, 0.2) is 12.7 Å². The Morgan fingerprint density at radius 3 is 2.50 bits per heavy atom. The Hall–Kier alpha value is -0.930. The van der Waals surface area contributed by atoms with Crippen LogP contribution in [0.1, 0.15) is 32.1 Å². The number of unbranched alkanes of at least 4 members (excludes halogenated alkanes) is 3. The number of halogens is 2. The third kappa shape index (κ3) is 9.16. The highest BCUT2D eigenvalue weighted by Crippen LogP contribution is 2.08. The average Bonchev–Trinajstić information content (AvgIpc) is 2.15. The highest BCUT2D eigenvalue weighted by molar-refractivity contribution is 5.81. The number of carbonyl (C=O) groups excluding carboxylic acids is 1. The van der Waals surface area contributed by atoms with Crippen molar-refractivity contribution in [2.75, 3.05) is 6.61 Å². The monoisotopic (exact) mass is 206 g/mol. The van der Waals surface area contributed by atoms with Gasteiger partial charge in [0.05, 0.1) is 6.61 Å². The zero-order chi connectivity index (χ0) is 10.8. The second-order valence-electron chi connectivity index (χ2n) is 2.97. The zero-order valence-electron chi connectivity index (χ0n) is 8.18.